The first-order valence-electron chi connectivity index (χ1n) is 30.0. The van der Waals surface area contributed by atoms with Crippen LogP contribution in [0.5, 0.6) is 0 Å². The van der Waals surface area contributed by atoms with Gasteiger partial charge < -0.3 is 18.0 Å². The summed E-state index contributed by atoms with van der Waals surface area (Å²) >= 11 is 0. The molecule has 0 amide bonds. The zero-order valence-electron chi connectivity index (χ0n) is 48.3. The molecule has 0 aliphatic rings. The summed E-state index contributed by atoms with van der Waals surface area (Å²) in [5, 5.41) is 9.19. The molecular weight excluding hydrogens is 1090 g/mol. The van der Waals surface area contributed by atoms with E-state index in [0.29, 0.717) is 18.2 Å². The largest absolute Gasteiger partial charge is 0.455 e. The van der Waals surface area contributed by atoms with Crippen molar-refractivity contribution in [2.75, 3.05) is 0 Å². The van der Waals surface area contributed by atoms with Gasteiger partial charge in [0.2, 0.25) is 0 Å². The van der Waals surface area contributed by atoms with Crippen molar-refractivity contribution >= 4 is 106 Å². The summed E-state index contributed by atoms with van der Waals surface area (Å²) in [7, 11) is 0. The van der Waals surface area contributed by atoms with Crippen molar-refractivity contribution in [3.05, 3.63) is 314 Å². The quantitative estimate of drug-likeness (QED) is 0.101. The highest BCUT2D eigenvalue weighted by atomic mass is 16.3. The maximum absolute atomic E-state index is 6.51. The molecule has 0 saturated heterocycles. The van der Waals surface area contributed by atoms with Gasteiger partial charge in [-0.25, -0.2) is 9.98 Å². The van der Waals surface area contributed by atoms with Crippen molar-refractivity contribution in [2.24, 2.45) is 15.0 Å². The SMILES string of the molecule is C=N/C(=N\C(=N/Cc1cccc(-n2c3ccccc3c3cc(-c4ccc5c(c4)c4cc(-c6ccc(-c7cccc8c7oc7ccccc78)cc6)ccc4n5-c4ccc(-c5cccc6c5oc5ccccc56)cc4)ccc32)c1)c1ccccc1)c1ccccc1. The number of nitrogens with zero attached hydrogens (tertiary/aromatic N) is 5. The van der Waals surface area contributed by atoms with E-state index in [-0.39, 0.29) is 0 Å². The second-order valence-corrected chi connectivity index (χ2v) is 22.7. The van der Waals surface area contributed by atoms with Crippen LogP contribution >= 0.6 is 0 Å². The molecule has 0 fully saturated rings. The molecule has 0 aliphatic heterocycles. The lowest BCUT2D eigenvalue weighted by Crippen LogP contribution is -2.05. The van der Waals surface area contributed by atoms with E-state index in [4.69, 9.17) is 18.8 Å². The summed E-state index contributed by atoms with van der Waals surface area (Å²) in [6.45, 7) is 4.28. The van der Waals surface area contributed by atoms with E-state index in [1.54, 1.807) is 0 Å². The standard InChI is InChI=1S/C82H53N5O2/c1-83-81(56-18-4-2-5-19-56)85-82(57-20-6-3-7-21-57)84-51-52-17-14-22-62(47-52)87-73-30-11-8-23-65(73)70-49-59(40-45-74(70)87)60-41-46-76-72(50-60)71-48-58(53-33-35-54(36-34-53)63-26-15-28-68-66-24-9-12-31-77(66)88-79(63)68)39-44-75(71)86(76)61-42-37-55(38-43-61)64-27-16-29-69-67-25-10-13-32-78(67)89-80(64)69/h2-50H,1,51H2/b84-82-,85-81-. The molecule has 0 saturated carbocycles. The Balaban J connectivity index is 0.760. The van der Waals surface area contributed by atoms with Gasteiger partial charge in [-0.3, -0.25) is 4.99 Å². The minimum atomic E-state index is 0.419. The molecule has 418 valence electrons. The van der Waals surface area contributed by atoms with Gasteiger partial charge in [-0.15, -0.1) is 0 Å². The predicted octanol–water partition coefficient (Wildman–Crippen LogP) is 21.4. The molecule has 7 nitrogen and oxygen atoms in total. The van der Waals surface area contributed by atoms with Gasteiger partial charge in [0.1, 0.15) is 22.3 Å². The molecule has 4 aromatic heterocycles. The molecule has 13 aromatic carbocycles. The van der Waals surface area contributed by atoms with Gasteiger partial charge in [0.25, 0.3) is 0 Å². The first-order valence-corrected chi connectivity index (χ1v) is 30.0. The fourth-order valence-corrected chi connectivity index (χ4v) is 13.3. The van der Waals surface area contributed by atoms with Gasteiger partial charge in [-0.2, -0.15) is 0 Å². The van der Waals surface area contributed by atoms with E-state index < -0.39 is 0 Å². The monoisotopic (exact) mass is 1140 g/mol. The van der Waals surface area contributed by atoms with Crippen molar-refractivity contribution in [3.63, 3.8) is 0 Å². The zero-order chi connectivity index (χ0) is 58.9. The topological polar surface area (TPSA) is 73.2 Å². The third kappa shape index (κ3) is 8.86. The van der Waals surface area contributed by atoms with Crippen LogP contribution in [0.15, 0.2) is 321 Å². The molecule has 89 heavy (non-hydrogen) atoms. The number of benzene rings is 13. The van der Waals surface area contributed by atoms with Crippen molar-refractivity contribution in [1.82, 2.24) is 9.13 Å². The van der Waals surface area contributed by atoms with Gasteiger partial charge in [0.15, 0.2) is 11.7 Å². The van der Waals surface area contributed by atoms with Crippen molar-refractivity contribution < 1.29 is 8.83 Å². The van der Waals surface area contributed by atoms with Crippen LogP contribution in [0.25, 0.3) is 143 Å². The first kappa shape index (κ1) is 51.5. The highest BCUT2D eigenvalue weighted by Gasteiger charge is 2.20. The highest BCUT2D eigenvalue weighted by molar-refractivity contribution is 6.16. The molecule has 0 N–H and O–H groups in total. The van der Waals surface area contributed by atoms with Crippen LogP contribution in [0.4, 0.5) is 0 Å². The number of fused-ring (bicyclic) bond motifs is 12. The second-order valence-electron chi connectivity index (χ2n) is 22.7. The third-order valence-corrected chi connectivity index (χ3v) is 17.6. The number of amidine groups is 2. The van der Waals surface area contributed by atoms with Gasteiger partial charge in [0, 0.05) is 76.7 Å². The summed E-state index contributed by atoms with van der Waals surface area (Å²) in [6, 6.07) is 105. The highest BCUT2D eigenvalue weighted by Crippen LogP contribution is 2.43. The molecule has 0 spiro atoms. The number of aliphatic imine (C=N–C) groups is 3. The fraction of sp³-hybridized carbons (Fsp3) is 0.0122. The lowest BCUT2D eigenvalue weighted by atomic mass is 9.97. The maximum Gasteiger partial charge on any atom is 0.161 e. The number of rotatable bonds is 10. The molecule has 17 rings (SSSR count). The zero-order valence-corrected chi connectivity index (χ0v) is 48.3. The van der Waals surface area contributed by atoms with Crippen LogP contribution in [-0.4, -0.2) is 27.5 Å². The van der Waals surface area contributed by atoms with Crippen molar-refractivity contribution in [2.45, 2.75) is 6.54 Å². The smallest absolute Gasteiger partial charge is 0.161 e. The second kappa shape index (κ2) is 21.2. The molecule has 0 aliphatic carbocycles. The predicted molar refractivity (Wildman–Crippen MR) is 371 cm³/mol. The van der Waals surface area contributed by atoms with E-state index in [9.17, 15) is 0 Å². The van der Waals surface area contributed by atoms with Crippen molar-refractivity contribution in [3.8, 4) is 55.9 Å². The van der Waals surface area contributed by atoms with Crippen molar-refractivity contribution in [1.29, 1.82) is 0 Å². The normalized spacial score (nSPS) is 12.3. The Morgan fingerprint density at radius 1 is 0.315 bits per heavy atom. The Labute approximate surface area is 512 Å². The third-order valence-electron chi connectivity index (χ3n) is 17.6. The molecule has 7 heteroatoms. The summed E-state index contributed by atoms with van der Waals surface area (Å²) in [5.41, 5.74) is 22.0. The van der Waals surface area contributed by atoms with E-state index in [1.807, 2.05) is 84.9 Å². The van der Waals surface area contributed by atoms with Crippen LogP contribution in [0.1, 0.15) is 16.7 Å². The summed E-state index contributed by atoms with van der Waals surface area (Å²) in [6.07, 6.45) is 0. The summed E-state index contributed by atoms with van der Waals surface area (Å²) in [4.78, 5) is 14.4. The Bertz CT molecular complexity index is 5710. The average Bonchev–Trinajstić information content (AvgIpc) is 1.71. The number of hydrogen-bond acceptors (Lipinski definition) is 3. The summed E-state index contributed by atoms with van der Waals surface area (Å²) in [5.74, 6) is 1.12. The number of hydrogen-bond donors (Lipinski definition) is 0. The fourth-order valence-electron chi connectivity index (χ4n) is 13.3. The molecule has 0 bridgehead atoms. The van der Waals surface area contributed by atoms with Crippen LogP contribution in [0, 0.1) is 0 Å². The minimum Gasteiger partial charge on any atom is -0.455 e. The van der Waals surface area contributed by atoms with E-state index in [1.165, 1.54) is 21.5 Å². The molecular formula is C82H53N5O2. The lowest BCUT2D eigenvalue weighted by Gasteiger charge is -2.11. The molecule has 0 unspecified atom stereocenters. The van der Waals surface area contributed by atoms with Gasteiger partial charge in [0.05, 0.1) is 28.6 Å². The number of para-hydroxylation sites is 5. The Morgan fingerprint density at radius 2 is 0.742 bits per heavy atom. The van der Waals surface area contributed by atoms with E-state index in [2.05, 4.69) is 233 Å². The lowest BCUT2D eigenvalue weighted by molar-refractivity contribution is 0.669. The van der Waals surface area contributed by atoms with Gasteiger partial charge in [-0.1, -0.05) is 218 Å². The molecule has 0 atom stereocenters. The Kier molecular flexibility index (Phi) is 12.3. The van der Waals surface area contributed by atoms with Crippen LogP contribution < -0.4 is 0 Å². The average molecular weight is 1140 g/mol. The van der Waals surface area contributed by atoms with E-state index >= 15 is 0 Å². The first-order chi connectivity index (χ1) is 44.1. The Hall–Kier alpha value is -11.9. The molecule has 4 heterocycles. The number of furan rings is 2. The van der Waals surface area contributed by atoms with Crippen LogP contribution in [0.3, 0.4) is 0 Å². The number of aromatic nitrogens is 2. The van der Waals surface area contributed by atoms with Crippen LogP contribution in [-0.2, 0) is 6.54 Å². The van der Waals surface area contributed by atoms with Crippen LogP contribution in [0.2, 0.25) is 0 Å². The molecule has 17 aromatic rings. The maximum atomic E-state index is 6.51. The molecule has 0 radical (unpaired) electrons. The minimum absolute atomic E-state index is 0.419. The summed E-state index contributed by atoms with van der Waals surface area (Å²) < 4.78 is 17.8. The Morgan fingerprint density at radius 3 is 1.31 bits per heavy atom. The van der Waals surface area contributed by atoms with Gasteiger partial charge in [-0.05, 0) is 125 Å². The van der Waals surface area contributed by atoms with Gasteiger partial charge >= 0.3 is 0 Å². The van der Waals surface area contributed by atoms with E-state index in [0.717, 1.165) is 139 Å².